The molecule has 0 radical (unpaired) electrons. The van der Waals surface area contributed by atoms with E-state index in [1.54, 1.807) is 26.4 Å². The highest BCUT2D eigenvalue weighted by Crippen LogP contribution is 2.42. The van der Waals surface area contributed by atoms with Crippen LogP contribution in [0.5, 0.6) is 11.5 Å². The molecule has 4 aromatic carbocycles. The zero-order chi connectivity index (χ0) is 35.3. The lowest BCUT2D eigenvalue weighted by Gasteiger charge is -2.40. The number of ether oxygens (including phenoxy) is 2. The van der Waals surface area contributed by atoms with E-state index >= 15 is 0 Å². The van der Waals surface area contributed by atoms with E-state index < -0.39 is 0 Å². The summed E-state index contributed by atoms with van der Waals surface area (Å²) in [6, 6.07) is 33.1. The largest absolute Gasteiger partial charge is 0.493 e. The van der Waals surface area contributed by atoms with Crippen molar-refractivity contribution in [1.82, 2.24) is 15.5 Å². The number of halogens is 3. The van der Waals surface area contributed by atoms with Crippen LogP contribution in [0.2, 0.25) is 0 Å². The van der Waals surface area contributed by atoms with Gasteiger partial charge in [0.05, 0.1) is 14.2 Å². The van der Waals surface area contributed by atoms with Crippen molar-refractivity contribution in [2.24, 2.45) is 0 Å². The van der Waals surface area contributed by atoms with Crippen molar-refractivity contribution >= 4 is 30.7 Å². The number of hydrogen-bond donors (Lipinski definition) is 2. The zero-order valence-electron chi connectivity index (χ0n) is 31.0. The Balaban J connectivity index is 0.00000364. The van der Waals surface area contributed by atoms with Crippen LogP contribution in [0, 0.1) is 5.82 Å². The number of nitrogens with zero attached hydrogens (tertiary/aromatic N) is 1. The first-order valence-electron chi connectivity index (χ1n) is 18.2. The minimum Gasteiger partial charge on any atom is -0.493 e. The van der Waals surface area contributed by atoms with Crippen molar-refractivity contribution in [1.29, 1.82) is 0 Å². The number of fused-ring (bicyclic) bond motifs is 1. The highest BCUT2D eigenvalue weighted by atomic mass is 35.5. The van der Waals surface area contributed by atoms with Crippen molar-refractivity contribution in [2.45, 2.75) is 76.3 Å². The Bertz CT molecular complexity index is 1600. The number of nitrogens with one attached hydrogen (secondary N) is 2. The summed E-state index contributed by atoms with van der Waals surface area (Å²) in [5.74, 6) is 1.33. The smallest absolute Gasteiger partial charge is 0.220 e. The molecule has 0 aromatic heterocycles. The van der Waals surface area contributed by atoms with Gasteiger partial charge in [0, 0.05) is 43.6 Å². The molecule has 1 aliphatic rings. The van der Waals surface area contributed by atoms with Gasteiger partial charge in [-0.2, -0.15) is 0 Å². The van der Waals surface area contributed by atoms with Crippen molar-refractivity contribution in [3.8, 4) is 11.5 Å². The van der Waals surface area contributed by atoms with Gasteiger partial charge in [0.25, 0.3) is 0 Å². The van der Waals surface area contributed by atoms with Crippen LogP contribution in [-0.4, -0.2) is 57.2 Å². The molecule has 1 atom stereocenters. The van der Waals surface area contributed by atoms with Gasteiger partial charge < -0.3 is 20.1 Å². The van der Waals surface area contributed by atoms with E-state index in [9.17, 15) is 9.18 Å². The molecule has 6 nitrogen and oxygen atoms in total. The van der Waals surface area contributed by atoms with E-state index in [1.807, 2.05) is 0 Å². The van der Waals surface area contributed by atoms with Gasteiger partial charge >= 0.3 is 0 Å². The van der Waals surface area contributed by atoms with Crippen LogP contribution in [0.3, 0.4) is 0 Å². The molecule has 0 aliphatic carbocycles. The average Bonchev–Trinajstić information content (AvgIpc) is 3.15. The van der Waals surface area contributed by atoms with Crippen LogP contribution < -0.4 is 20.1 Å². The number of amides is 1. The SMILES string of the molecule is COc1cc2c(cc1OC)C(CNC(C)C)N(CCCC(CCCNC(=O)CCc1ccc(F)cc1)(c1ccccc1)c1ccccc1)CC2.Cl.Cl. The Labute approximate surface area is 322 Å². The van der Waals surface area contributed by atoms with Crippen LogP contribution >= 0.6 is 24.8 Å². The molecule has 282 valence electrons. The Morgan fingerprint density at radius 1 is 0.865 bits per heavy atom. The molecule has 0 spiro atoms. The van der Waals surface area contributed by atoms with Crippen molar-refractivity contribution < 1.29 is 18.7 Å². The monoisotopic (exact) mass is 751 g/mol. The molecule has 2 N–H and O–H groups in total. The molecule has 9 heteroatoms. The van der Waals surface area contributed by atoms with E-state index in [0.717, 1.165) is 68.8 Å². The minimum absolute atomic E-state index is 0. The maximum absolute atomic E-state index is 13.3. The fourth-order valence-electron chi connectivity index (χ4n) is 7.52. The molecule has 1 amide bonds. The molecule has 4 aromatic rings. The lowest BCUT2D eigenvalue weighted by atomic mass is 9.68. The second kappa shape index (κ2) is 21.2. The Morgan fingerprint density at radius 2 is 1.46 bits per heavy atom. The molecule has 0 fully saturated rings. The number of aryl methyl sites for hydroxylation is 1. The van der Waals surface area contributed by atoms with Crippen LogP contribution in [-0.2, 0) is 23.1 Å². The minimum atomic E-state index is -0.260. The summed E-state index contributed by atoms with van der Waals surface area (Å²) in [5.41, 5.74) is 6.04. The van der Waals surface area contributed by atoms with Gasteiger partial charge in [0.1, 0.15) is 5.82 Å². The van der Waals surface area contributed by atoms with Gasteiger partial charge in [-0.1, -0.05) is 86.6 Å². The maximum atomic E-state index is 13.3. The van der Waals surface area contributed by atoms with Gasteiger partial charge in [0.15, 0.2) is 11.5 Å². The summed E-state index contributed by atoms with van der Waals surface area (Å²) >= 11 is 0. The summed E-state index contributed by atoms with van der Waals surface area (Å²) in [7, 11) is 3.41. The molecule has 0 saturated carbocycles. The average molecular weight is 753 g/mol. The summed E-state index contributed by atoms with van der Waals surface area (Å²) in [5, 5.41) is 6.87. The third kappa shape index (κ3) is 11.2. The van der Waals surface area contributed by atoms with Gasteiger partial charge in [-0.05, 0) is 97.2 Å². The fraction of sp³-hybridized carbons (Fsp3) is 0.419. The Kier molecular flexibility index (Phi) is 17.4. The van der Waals surface area contributed by atoms with E-state index in [1.165, 1.54) is 34.4 Å². The summed E-state index contributed by atoms with van der Waals surface area (Å²) < 4.78 is 24.7. The van der Waals surface area contributed by atoms with Crippen molar-refractivity contribution in [3.63, 3.8) is 0 Å². The molecule has 1 unspecified atom stereocenters. The molecule has 0 saturated heterocycles. The topological polar surface area (TPSA) is 62.8 Å². The number of benzene rings is 4. The van der Waals surface area contributed by atoms with Crippen molar-refractivity contribution in [3.05, 3.63) is 131 Å². The van der Waals surface area contributed by atoms with Crippen LogP contribution in [0.25, 0.3) is 0 Å². The van der Waals surface area contributed by atoms with E-state index in [2.05, 4.69) is 102 Å². The van der Waals surface area contributed by atoms with Crippen molar-refractivity contribution in [2.75, 3.05) is 40.4 Å². The van der Waals surface area contributed by atoms with Gasteiger partial charge in [-0.15, -0.1) is 24.8 Å². The number of methoxy groups -OCH3 is 2. The lowest BCUT2D eigenvalue weighted by Crippen LogP contribution is -2.43. The first-order chi connectivity index (χ1) is 24.3. The highest BCUT2D eigenvalue weighted by Gasteiger charge is 2.35. The highest BCUT2D eigenvalue weighted by molar-refractivity contribution is 5.85. The van der Waals surface area contributed by atoms with Crippen LogP contribution in [0.1, 0.15) is 79.8 Å². The zero-order valence-corrected chi connectivity index (χ0v) is 32.7. The van der Waals surface area contributed by atoms with E-state index in [-0.39, 0.29) is 48.0 Å². The van der Waals surface area contributed by atoms with E-state index in [4.69, 9.17) is 9.47 Å². The molecule has 5 rings (SSSR count). The van der Waals surface area contributed by atoms with E-state index in [0.29, 0.717) is 25.4 Å². The van der Waals surface area contributed by atoms with Gasteiger partial charge in [0.2, 0.25) is 5.91 Å². The van der Waals surface area contributed by atoms with Gasteiger partial charge in [-0.3, -0.25) is 9.69 Å². The maximum Gasteiger partial charge on any atom is 0.220 e. The third-order valence-corrected chi connectivity index (χ3v) is 10.2. The van der Waals surface area contributed by atoms with Crippen LogP contribution in [0.4, 0.5) is 4.39 Å². The van der Waals surface area contributed by atoms with Crippen LogP contribution in [0.15, 0.2) is 97.1 Å². The first-order valence-corrected chi connectivity index (χ1v) is 18.2. The molecular formula is C43H56Cl2FN3O3. The summed E-state index contributed by atoms with van der Waals surface area (Å²) in [6.45, 7) is 7.83. The molecule has 52 heavy (non-hydrogen) atoms. The molecular weight excluding hydrogens is 696 g/mol. The Morgan fingerprint density at radius 3 is 2.06 bits per heavy atom. The molecule has 1 heterocycles. The number of rotatable bonds is 18. The predicted molar refractivity (Wildman–Crippen MR) is 215 cm³/mol. The second-order valence-corrected chi connectivity index (χ2v) is 13.8. The standard InChI is InChI=1S/C43H54FN3O3.2ClH/c1-32(2)46-31-39-38-30-41(50-4)40(49-3)29-34(38)23-28-47(39)27-12-25-43(35-13-7-5-8-14-35,36-15-9-6-10-16-36)24-11-26-45-42(48)22-19-33-17-20-37(44)21-18-33;;/h5-10,13-18,20-21,29-30,32,39,46H,11-12,19,22-28,31H2,1-4H3,(H,45,48);2*1H. The molecule has 0 bridgehead atoms. The lowest BCUT2D eigenvalue weighted by molar-refractivity contribution is -0.121. The summed E-state index contributed by atoms with van der Waals surface area (Å²) in [4.78, 5) is 15.4. The van der Waals surface area contributed by atoms with Gasteiger partial charge in [-0.25, -0.2) is 4.39 Å². The first kappa shape index (κ1) is 42.8. The number of carbonyl (C=O) groups excluding carboxylic acids is 1. The summed E-state index contributed by atoms with van der Waals surface area (Å²) in [6.07, 6.45) is 5.73. The number of carbonyl (C=O) groups is 1. The Hall–Kier alpha value is -3.62. The second-order valence-electron chi connectivity index (χ2n) is 13.8. The fourth-order valence-corrected chi connectivity index (χ4v) is 7.52. The quantitative estimate of drug-likeness (QED) is 0.0996. The molecule has 1 aliphatic heterocycles. The normalized spacial score (nSPS) is 14.2. The predicted octanol–water partition coefficient (Wildman–Crippen LogP) is 8.88. The third-order valence-electron chi connectivity index (χ3n) is 10.2. The number of hydrogen-bond acceptors (Lipinski definition) is 5.